The summed E-state index contributed by atoms with van der Waals surface area (Å²) in [6.07, 6.45) is 1.16. The SMILES string of the molecule is COCCCN1CCNCC1. The summed E-state index contributed by atoms with van der Waals surface area (Å²) < 4.78 is 4.99. The summed E-state index contributed by atoms with van der Waals surface area (Å²) in [6, 6.07) is 0. The Balaban J connectivity index is 1.96. The van der Waals surface area contributed by atoms with E-state index in [-0.39, 0.29) is 0 Å². The first kappa shape index (κ1) is 8.97. The van der Waals surface area contributed by atoms with Crippen LogP contribution in [0.2, 0.25) is 0 Å². The zero-order valence-corrected chi connectivity index (χ0v) is 7.31. The van der Waals surface area contributed by atoms with Crippen LogP contribution in [0.5, 0.6) is 0 Å². The Morgan fingerprint density at radius 1 is 1.36 bits per heavy atom. The third-order valence-electron chi connectivity index (χ3n) is 2.03. The van der Waals surface area contributed by atoms with E-state index in [0.717, 1.165) is 26.1 Å². The molecule has 0 atom stereocenters. The van der Waals surface area contributed by atoms with Crippen LogP contribution in [0.15, 0.2) is 0 Å². The van der Waals surface area contributed by atoms with E-state index in [4.69, 9.17) is 4.74 Å². The van der Waals surface area contributed by atoms with Crippen molar-refractivity contribution in [2.45, 2.75) is 6.42 Å². The van der Waals surface area contributed by atoms with Crippen LogP contribution >= 0.6 is 0 Å². The lowest BCUT2D eigenvalue weighted by Crippen LogP contribution is -2.43. The highest BCUT2D eigenvalue weighted by Crippen LogP contribution is 1.93. The molecule has 0 spiro atoms. The van der Waals surface area contributed by atoms with Crippen LogP contribution in [-0.2, 0) is 4.74 Å². The van der Waals surface area contributed by atoms with Crippen LogP contribution in [-0.4, -0.2) is 51.3 Å². The quantitative estimate of drug-likeness (QED) is 0.580. The highest BCUT2D eigenvalue weighted by molar-refractivity contribution is 4.66. The van der Waals surface area contributed by atoms with Crippen molar-refractivity contribution in [2.75, 3.05) is 46.4 Å². The third kappa shape index (κ3) is 3.70. The van der Waals surface area contributed by atoms with Crippen LogP contribution in [0.4, 0.5) is 0 Å². The van der Waals surface area contributed by atoms with Gasteiger partial charge in [0.25, 0.3) is 0 Å². The number of methoxy groups -OCH3 is 1. The second kappa shape index (κ2) is 5.52. The molecule has 0 aromatic carbocycles. The first-order chi connectivity index (χ1) is 5.43. The van der Waals surface area contributed by atoms with E-state index in [0.29, 0.717) is 0 Å². The molecular formula is C8H18N2O. The maximum absolute atomic E-state index is 4.99. The smallest absolute Gasteiger partial charge is 0.0474 e. The van der Waals surface area contributed by atoms with Crippen molar-refractivity contribution in [3.8, 4) is 0 Å². The molecule has 0 aromatic heterocycles. The zero-order valence-electron chi connectivity index (χ0n) is 7.31. The highest BCUT2D eigenvalue weighted by Gasteiger charge is 2.07. The molecule has 0 aliphatic carbocycles. The zero-order chi connectivity index (χ0) is 7.94. The molecule has 66 valence electrons. The number of ether oxygens (including phenoxy) is 1. The van der Waals surface area contributed by atoms with Gasteiger partial charge in [-0.15, -0.1) is 0 Å². The van der Waals surface area contributed by atoms with Gasteiger partial charge >= 0.3 is 0 Å². The van der Waals surface area contributed by atoms with Crippen LogP contribution in [0.1, 0.15) is 6.42 Å². The van der Waals surface area contributed by atoms with E-state index in [1.54, 1.807) is 7.11 Å². The van der Waals surface area contributed by atoms with Crippen LogP contribution in [0, 0.1) is 0 Å². The van der Waals surface area contributed by atoms with Gasteiger partial charge < -0.3 is 15.0 Å². The lowest BCUT2D eigenvalue weighted by molar-refractivity contribution is 0.165. The molecule has 11 heavy (non-hydrogen) atoms. The number of hydrogen-bond acceptors (Lipinski definition) is 3. The number of nitrogens with zero attached hydrogens (tertiary/aromatic N) is 1. The number of hydrogen-bond donors (Lipinski definition) is 1. The number of piperazine rings is 1. The summed E-state index contributed by atoms with van der Waals surface area (Å²) in [7, 11) is 1.76. The molecule has 0 saturated carbocycles. The maximum atomic E-state index is 4.99. The lowest BCUT2D eigenvalue weighted by Gasteiger charge is -2.26. The van der Waals surface area contributed by atoms with Crippen molar-refractivity contribution in [1.29, 1.82) is 0 Å². The normalized spacial score (nSPS) is 20.5. The van der Waals surface area contributed by atoms with Crippen molar-refractivity contribution < 1.29 is 4.74 Å². The second-order valence-corrected chi connectivity index (χ2v) is 2.94. The Morgan fingerprint density at radius 2 is 2.09 bits per heavy atom. The van der Waals surface area contributed by atoms with E-state index in [1.807, 2.05) is 0 Å². The van der Waals surface area contributed by atoms with E-state index in [1.165, 1.54) is 19.6 Å². The summed E-state index contributed by atoms with van der Waals surface area (Å²) in [5.74, 6) is 0. The van der Waals surface area contributed by atoms with Gasteiger partial charge in [0.05, 0.1) is 0 Å². The van der Waals surface area contributed by atoms with Gasteiger partial charge in [-0.05, 0) is 6.42 Å². The monoisotopic (exact) mass is 158 g/mol. The van der Waals surface area contributed by atoms with Crippen molar-refractivity contribution in [2.24, 2.45) is 0 Å². The van der Waals surface area contributed by atoms with Gasteiger partial charge in [0, 0.05) is 46.4 Å². The van der Waals surface area contributed by atoms with Gasteiger partial charge in [-0.25, -0.2) is 0 Å². The minimum absolute atomic E-state index is 0.893. The highest BCUT2D eigenvalue weighted by atomic mass is 16.5. The first-order valence-corrected chi connectivity index (χ1v) is 4.35. The van der Waals surface area contributed by atoms with Crippen LogP contribution in [0.3, 0.4) is 0 Å². The Bertz CT molecular complexity index is 92.1. The van der Waals surface area contributed by atoms with E-state index >= 15 is 0 Å². The molecule has 0 unspecified atom stereocenters. The third-order valence-corrected chi connectivity index (χ3v) is 2.03. The standard InChI is InChI=1S/C8H18N2O/c1-11-8-2-5-10-6-3-9-4-7-10/h9H,2-8H2,1H3. The van der Waals surface area contributed by atoms with Crippen molar-refractivity contribution in [1.82, 2.24) is 10.2 Å². The summed E-state index contributed by atoms with van der Waals surface area (Å²) in [6.45, 7) is 6.77. The maximum Gasteiger partial charge on any atom is 0.0474 e. The largest absolute Gasteiger partial charge is 0.385 e. The molecular weight excluding hydrogens is 140 g/mol. The number of nitrogens with one attached hydrogen (secondary N) is 1. The Kier molecular flexibility index (Phi) is 4.50. The summed E-state index contributed by atoms with van der Waals surface area (Å²) in [5.41, 5.74) is 0. The molecule has 1 N–H and O–H groups in total. The molecule has 1 heterocycles. The molecule has 1 fully saturated rings. The minimum atomic E-state index is 0.893. The predicted molar refractivity (Wildman–Crippen MR) is 45.8 cm³/mol. The second-order valence-electron chi connectivity index (χ2n) is 2.94. The summed E-state index contributed by atoms with van der Waals surface area (Å²) in [4.78, 5) is 2.48. The molecule has 1 aliphatic rings. The fourth-order valence-electron chi connectivity index (χ4n) is 1.37. The van der Waals surface area contributed by atoms with Gasteiger partial charge in [-0.2, -0.15) is 0 Å². The Hall–Kier alpha value is -0.120. The molecule has 0 radical (unpaired) electrons. The Labute approximate surface area is 68.7 Å². The molecule has 3 nitrogen and oxygen atoms in total. The predicted octanol–water partition coefficient (Wildman–Crippen LogP) is -0.0719. The first-order valence-electron chi connectivity index (χ1n) is 4.35. The van der Waals surface area contributed by atoms with Gasteiger partial charge in [0.2, 0.25) is 0 Å². The Morgan fingerprint density at radius 3 is 2.73 bits per heavy atom. The molecule has 1 saturated heterocycles. The van der Waals surface area contributed by atoms with Crippen LogP contribution in [0.25, 0.3) is 0 Å². The molecule has 0 amide bonds. The topological polar surface area (TPSA) is 24.5 Å². The average molecular weight is 158 g/mol. The van der Waals surface area contributed by atoms with Gasteiger partial charge in [0.1, 0.15) is 0 Å². The van der Waals surface area contributed by atoms with E-state index in [9.17, 15) is 0 Å². The van der Waals surface area contributed by atoms with E-state index < -0.39 is 0 Å². The lowest BCUT2D eigenvalue weighted by atomic mass is 10.3. The molecule has 0 bridgehead atoms. The molecule has 1 rings (SSSR count). The van der Waals surface area contributed by atoms with Crippen LogP contribution < -0.4 is 5.32 Å². The van der Waals surface area contributed by atoms with Gasteiger partial charge in [0.15, 0.2) is 0 Å². The van der Waals surface area contributed by atoms with Crippen molar-refractivity contribution >= 4 is 0 Å². The molecule has 3 heteroatoms. The summed E-state index contributed by atoms with van der Waals surface area (Å²) >= 11 is 0. The summed E-state index contributed by atoms with van der Waals surface area (Å²) in [5, 5.41) is 3.33. The fraction of sp³-hybridized carbons (Fsp3) is 1.00. The number of rotatable bonds is 4. The molecule has 1 aliphatic heterocycles. The van der Waals surface area contributed by atoms with Gasteiger partial charge in [-0.1, -0.05) is 0 Å². The average Bonchev–Trinajstić information content (AvgIpc) is 2.07. The molecule has 0 aromatic rings. The van der Waals surface area contributed by atoms with Gasteiger partial charge in [-0.3, -0.25) is 0 Å². The van der Waals surface area contributed by atoms with Crippen molar-refractivity contribution in [3.63, 3.8) is 0 Å². The fourth-order valence-corrected chi connectivity index (χ4v) is 1.37. The van der Waals surface area contributed by atoms with E-state index in [2.05, 4.69) is 10.2 Å². The van der Waals surface area contributed by atoms with Crippen molar-refractivity contribution in [3.05, 3.63) is 0 Å². The minimum Gasteiger partial charge on any atom is -0.385 e.